The lowest BCUT2D eigenvalue weighted by molar-refractivity contribution is -0.141. The zero-order valence-electron chi connectivity index (χ0n) is 15.3. The normalized spacial score (nSPS) is 12.4. The molecule has 0 saturated heterocycles. The Morgan fingerprint density at radius 1 is 1.04 bits per heavy atom. The minimum Gasteiger partial charge on any atom is -0.480 e. The van der Waals surface area contributed by atoms with Gasteiger partial charge in [0.15, 0.2) is 0 Å². The fourth-order valence-corrected chi connectivity index (χ4v) is 3.11. The van der Waals surface area contributed by atoms with Gasteiger partial charge in [-0.15, -0.1) is 0 Å². The average molecular weight is 399 g/mol. The third-order valence-corrected chi connectivity index (χ3v) is 4.74. The molecule has 0 aliphatic rings. The van der Waals surface area contributed by atoms with Crippen molar-refractivity contribution in [2.24, 2.45) is 0 Å². The molecule has 150 valence electrons. The van der Waals surface area contributed by atoms with Crippen LogP contribution in [0.15, 0.2) is 30.3 Å². The van der Waals surface area contributed by atoms with Crippen LogP contribution < -0.4 is 15.4 Å². The maximum absolute atomic E-state index is 11.9. The summed E-state index contributed by atoms with van der Waals surface area (Å²) in [5.74, 6) is -2.94. The Hall–Kier alpha value is -2.46. The molecule has 0 aliphatic carbocycles. The van der Waals surface area contributed by atoms with E-state index in [0.29, 0.717) is 0 Å². The lowest BCUT2D eigenvalue weighted by atomic mass is 10.1. The van der Waals surface area contributed by atoms with Crippen molar-refractivity contribution < 1.29 is 27.9 Å². The highest BCUT2D eigenvalue weighted by Crippen LogP contribution is 2.04. The van der Waals surface area contributed by atoms with Crippen LogP contribution in [0.4, 0.5) is 0 Å². The van der Waals surface area contributed by atoms with Gasteiger partial charge in [-0.2, -0.15) is 0 Å². The van der Waals surface area contributed by atoms with Gasteiger partial charge in [0, 0.05) is 18.9 Å². The van der Waals surface area contributed by atoms with Crippen molar-refractivity contribution in [1.82, 2.24) is 15.4 Å². The van der Waals surface area contributed by atoms with E-state index in [4.69, 9.17) is 0 Å². The second-order valence-corrected chi connectivity index (χ2v) is 8.19. The number of sulfonamides is 1. The van der Waals surface area contributed by atoms with Crippen LogP contribution in [0.1, 0.15) is 25.8 Å². The van der Waals surface area contributed by atoms with Crippen LogP contribution in [0, 0.1) is 0 Å². The molecule has 4 N–H and O–H groups in total. The van der Waals surface area contributed by atoms with Gasteiger partial charge in [-0.25, -0.2) is 17.9 Å². The van der Waals surface area contributed by atoms with Gasteiger partial charge in [0.05, 0.1) is 12.3 Å². The van der Waals surface area contributed by atoms with Crippen LogP contribution in [0.5, 0.6) is 0 Å². The Morgan fingerprint density at radius 3 is 2.22 bits per heavy atom. The summed E-state index contributed by atoms with van der Waals surface area (Å²) in [6.07, 6.45) is -0.331. The van der Waals surface area contributed by atoms with Crippen LogP contribution in [-0.2, 0) is 30.8 Å². The lowest BCUT2D eigenvalue weighted by Crippen LogP contribution is -2.44. The molecule has 1 atom stereocenters. The highest BCUT2D eigenvalue weighted by molar-refractivity contribution is 7.89. The summed E-state index contributed by atoms with van der Waals surface area (Å²) in [4.78, 5) is 34.7. The van der Waals surface area contributed by atoms with E-state index in [1.54, 1.807) is 44.2 Å². The van der Waals surface area contributed by atoms with Gasteiger partial charge in [0.25, 0.3) is 0 Å². The van der Waals surface area contributed by atoms with Crippen molar-refractivity contribution in [3.8, 4) is 0 Å². The number of carboxylic acids is 1. The zero-order chi connectivity index (χ0) is 20.4. The van der Waals surface area contributed by atoms with Crippen molar-refractivity contribution in [2.75, 3.05) is 12.3 Å². The van der Waals surface area contributed by atoms with E-state index in [0.717, 1.165) is 5.56 Å². The SMILES string of the molecule is CC(C)NC(=O)CNS(=O)(=O)CCC(=O)N[C@H](Cc1ccccc1)C(=O)O. The van der Waals surface area contributed by atoms with Crippen LogP contribution in [0.3, 0.4) is 0 Å². The molecule has 0 aromatic heterocycles. The predicted octanol–water partition coefficient (Wildman–Crippen LogP) is -0.367. The number of benzene rings is 1. The summed E-state index contributed by atoms with van der Waals surface area (Å²) in [5.41, 5.74) is 0.732. The van der Waals surface area contributed by atoms with Gasteiger partial charge in [0.2, 0.25) is 21.8 Å². The molecule has 0 saturated carbocycles. The number of rotatable bonds is 11. The van der Waals surface area contributed by atoms with Gasteiger partial charge < -0.3 is 15.7 Å². The molecule has 27 heavy (non-hydrogen) atoms. The van der Waals surface area contributed by atoms with E-state index < -0.39 is 52.6 Å². The molecule has 0 radical (unpaired) electrons. The fraction of sp³-hybridized carbons (Fsp3) is 0.471. The highest BCUT2D eigenvalue weighted by atomic mass is 32.2. The summed E-state index contributed by atoms with van der Waals surface area (Å²) >= 11 is 0. The van der Waals surface area contributed by atoms with Gasteiger partial charge >= 0.3 is 5.97 Å². The monoisotopic (exact) mass is 399 g/mol. The van der Waals surface area contributed by atoms with Crippen molar-refractivity contribution >= 4 is 27.8 Å². The predicted molar refractivity (Wildman–Crippen MR) is 99.4 cm³/mol. The molecule has 0 spiro atoms. The van der Waals surface area contributed by atoms with Crippen molar-refractivity contribution in [3.63, 3.8) is 0 Å². The molecule has 9 nitrogen and oxygen atoms in total. The number of carbonyl (C=O) groups excluding carboxylic acids is 2. The van der Waals surface area contributed by atoms with E-state index >= 15 is 0 Å². The molecule has 1 rings (SSSR count). The summed E-state index contributed by atoms with van der Waals surface area (Å²) in [6.45, 7) is 3.06. The Balaban J connectivity index is 2.49. The number of hydrogen-bond acceptors (Lipinski definition) is 5. The second kappa shape index (κ2) is 10.6. The van der Waals surface area contributed by atoms with Gasteiger partial charge in [-0.05, 0) is 19.4 Å². The van der Waals surface area contributed by atoms with E-state index in [1.807, 2.05) is 0 Å². The molecule has 0 aliphatic heterocycles. The molecule has 0 bridgehead atoms. The smallest absolute Gasteiger partial charge is 0.326 e. The molecule has 0 heterocycles. The first kappa shape index (κ1) is 22.6. The number of amides is 2. The highest BCUT2D eigenvalue weighted by Gasteiger charge is 2.22. The van der Waals surface area contributed by atoms with Crippen molar-refractivity contribution in [1.29, 1.82) is 0 Å². The summed E-state index contributed by atoms with van der Waals surface area (Å²) < 4.78 is 25.8. The molecular weight excluding hydrogens is 374 g/mol. The quantitative estimate of drug-likeness (QED) is 0.400. The maximum atomic E-state index is 11.9. The Bertz CT molecular complexity index is 749. The largest absolute Gasteiger partial charge is 0.480 e. The van der Waals surface area contributed by atoms with Gasteiger partial charge in [0.1, 0.15) is 6.04 Å². The molecule has 0 fully saturated rings. The average Bonchev–Trinajstić information content (AvgIpc) is 2.58. The molecule has 2 amide bonds. The van der Waals surface area contributed by atoms with Crippen LogP contribution in [0.25, 0.3) is 0 Å². The topological polar surface area (TPSA) is 142 Å². The van der Waals surface area contributed by atoms with E-state index in [9.17, 15) is 27.9 Å². The molecule has 1 aromatic rings. The maximum Gasteiger partial charge on any atom is 0.326 e. The third kappa shape index (κ3) is 9.71. The Labute approximate surface area is 158 Å². The lowest BCUT2D eigenvalue weighted by Gasteiger charge is -2.15. The number of nitrogens with one attached hydrogen (secondary N) is 3. The van der Waals surface area contributed by atoms with E-state index in [2.05, 4.69) is 15.4 Å². The van der Waals surface area contributed by atoms with Crippen molar-refractivity contribution in [2.45, 2.75) is 38.8 Å². The minimum atomic E-state index is -3.84. The molecular formula is C17H25N3O6S. The van der Waals surface area contributed by atoms with Crippen molar-refractivity contribution in [3.05, 3.63) is 35.9 Å². The number of aliphatic carboxylic acids is 1. The Kier molecular flexibility index (Phi) is 8.89. The zero-order valence-corrected chi connectivity index (χ0v) is 16.1. The van der Waals surface area contributed by atoms with Gasteiger partial charge in [-0.3, -0.25) is 9.59 Å². The number of carboxylic acid groups (broad SMARTS) is 1. The first-order valence-electron chi connectivity index (χ1n) is 8.42. The fourth-order valence-electron chi connectivity index (χ4n) is 2.16. The van der Waals surface area contributed by atoms with Crippen LogP contribution in [-0.4, -0.2) is 55.7 Å². The summed E-state index contributed by atoms with van der Waals surface area (Å²) in [7, 11) is -3.84. The first-order chi connectivity index (χ1) is 12.6. The van der Waals surface area contributed by atoms with Crippen LogP contribution in [0.2, 0.25) is 0 Å². The summed E-state index contributed by atoms with van der Waals surface area (Å²) in [5, 5.41) is 14.1. The molecule has 1 aromatic carbocycles. The molecule has 10 heteroatoms. The first-order valence-corrected chi connectivity index (χ1v) is 10.1. The second-order valence-electron chi connectivity index (χ2n) is 6.26. The van der Waals surface area contributed by atoms with Gasteiger partial charge in [-0.1, -0.05) is 30.3 Å². The molecule has 0 unspecified atom stereocenters. The van der Waals surface area contributed by atoms with E-state index in [-0.39, 0.29) is 12.5 Å². The number of hydrogen-bond donors (Lipinski definition) is 4. The van der Waals surface area contributed by atoms with Crippen LogP contribution >= 0.6 is 0 Å². The third-order valence-electron chi connectivity index (χ3n) is 3.42. The minimum absolute atomic E-state index is 0.0856. The number of carbonyl (C=O) groups is 3. The Morgan fingerprint density at radius 2 is 1.67 bits per heavy atom. The van der Waals surface area contributed by atoms with E-state index in [1.165, 1.54) is 0 Å². The summed E-state index contributed by atoms with van der Waals surface area (Å²) in [6, 6.07) is 7.49. The standard InChI is InChI=1S/C17H25N3O6S/c1-12(2)19-16(22)11-18-27(25,26)9-8-15(21)20-14(17(23)24)10-13-6-4-3-5-7-13/h3-7,12,14,18H,8-11H2,1-2H3,(H,19,22)(H,20,21)(H,23,24)/t14-/m1/s1.